The van der Waals surface area contributed by atoms with Crippen LogP contribution >= 0.6 is 0 Å². The van der Waals surface area contributed by atoms with Crippen molar-refractivity contribution in [1.82, 2.24) is 0 Å². The molecule has 7 rings (SSSR count). The van der Waals surface area contributed by atoms with Crippen molar-refractivity contribution in [2.45, 2.75) is 5.60 Å². The molecule has 154 valence electrons. The fraction of sp³-hybridized carbons (Fsp3) is 0.250. The van der Waals surface area contributed by atoms with Crippen LogP contribution in [-0.4, -0.2) is 34.6 Å². The maximum absolute atomic E-state index is 12.7. The van der Waals surface area contributed by atoms with E-state index in [4.69, 9.17) is 9.47 Å². The second kappa shape index (κ2) is 5.98. The summed E-state index contributed by atoms with van der Waals surface area (Å²) >= 11 is 0. The first-order valence-electron chi connectivity index (χ1n) is 10.0. The summed E-state index contributed by atoms with van der Waals surface area (Å²) in [7, 11) is 0. The Kier molecular flexibility index (Phi) is 3.51. The van der Waals surface area contributed by atoms with Gasteiger partial charge in [-0.15, -0.1) is 0 Å². The first kappa shape index (κ1) is 18.2. The molecule has 0 amide bonds. The number of rotatable bonds is 2. The molecule has 3 aliphatic carbocycles. The number of esters is 4. The fourth-order valence-corrected chi connectivity index (χ4v) is 6.06. The molecule has 5 aliphatic rings. The van der Waals surface area contributed by atoms with Crippen molar-refractivity contribution in [3.63, 3.8) is 0 Å². The number of cyclic esters (lactones) is 4. The van der Waals surface area contributed by atoms with Crippen molar-refractivity contribution in [2.75, 3.05) is 0 Å². The van der Waals surface area contributed by atoms with Crippen molar-refractivity contribution in [3.05, 3.63) is 71.8 Å². The smallest absolute Gasteiger partial charge is 0.320 e. The Morgan fingerprint density at radius 3 is 1.55 bits per heavy atom. The van der Waals surface area contributed by atoms with Gasteiger partial charge in [-0.1, -0.05) is 60.7 Å². The third kappa shape index (κ3) is 2.11. The van der Waals surface area contributed by atoms with Crippen molar-refractivity contribution in [1.29, 1.82) is 0 Å². The van der Waals surface area contributed by atoms with Gasteiger partial charge in [-0.25, -0.2) is 0 Å². The molecular weight excluding hydrogens is 400 g/mol. The largest absolute Gasteiger partial charge is 0.393 e. The molecule has 2 unspecified atom stereocenters. The van der Waals surface area contributed by atoms with Gasteiger partial charge in [0.15, 0.2) is 0 Å². The Morgan fingerprint density at radius 1 is 0.613 bits per heavy atom. The molecule has 7 nitrogen and oxygen atoms in total. The first-order chi connectivity index (χ1) is 14.9. The van der Waals surface area contributed by atoms with E-state index in [2.05, 4.69) is 0 Å². The van der Waals surface area contributed by atoms with Crippen LogP contribution < -0.4 is 0 Å². The standard InChI is InChI=1S/C24H16O7/c25-20-15-14-13(11-7-3-1-4-8-11)17(12-9-5-2-6-10-12)24(29,18(15)22(27)30-20)19-16(14)21(26)31-23(19)28/h1-10,14-16,18-19,29H/t14?,15-,16-,18-,19+,24?/m1/s1. The lowest BCUT2D eigenvalue weighted by atomic mass is 9.45. The number of hydrogen-bond acceptors (Lipinski definition) is 7. The topological polar surface area (TPSA) is 107 Å². The Hall–Kier alpha value is -3.58. The second-order valence-electron chi connectivity index (χ2n) is 8.36. The van der Waals surface area contributed by atoms with E-state index in [0.717, 1.165) is 0 Å². The summed E-state index contributed by atoms with van der Waals surface area (Å²) < 4.78 is 9.86. The zero-order valence-corrected chi connectivity index (χ0v) is 16.1. The Morgan fingerprint density at radius 2 is 1.06 bits per heavy atom. The number of carbonyl (C=O) groups is 4. The highest BCUT2D eigenvalue weighted by molar-refractivity contribution is 6.13. The normalized spacial score (nSPS) is 35.7. The SMILES string of the molecule is O=C1OC(=O)[C@@H]2[C@H]1C1C(c3ccccc3)=C(c3ccccc3)C2(O)[C@H]2C(=O)OC(=O)[C@H]12. The fourth-order valence-electron chi connectivity index (χ4n) is 6.06. The van der Waals surface area contributed by atoms with Gasteiger partial charge in [-0.3, -0.25) is 19.2 Å². The predicted molar refractivity (Wildman–Crippen MR) is 104 cm³/mol. The van der Waals surface area contributed by atoms with E-state index >= 15 is 0 Å². The Bertz CT molecular complexity index is 1150. The molecule has 0 spiro atoms. The summed E-state index contributed by atoms with van der Waals surface area (Å²) in [5.74, 6) is -8.88. The van der Waals surface area contributed by atoms with Crippen molar-refractivity contribution >= 4 is 35.0 Å². The predicted octanol–water partition coefficient (Wildman–Crippen LogP) is 1.60. The molecule has 2 aromatic rings. The quantitative estimate of drug-likeness (QED) is 0.585. The molecule has 7 heteroatoms. The van der Waals surface area contributed by atoms with Crippen LogP contribution in [0.5, 0.6) is 0 Å². The molecule has 1 saturated carbocycles. The average Bonchev–Trinajstić information content (AvgIpc) is 3.25. The zero-order valence-electron chi connectivity index (χ0n) is 16.1. The summed E-state index contributed by atoms with van der Waals surface area (Å²) in [5.41, 5.74) is 0.106. The number of hydrogen-bond donors (Lipinski definition) is 1. The minimum atomic E-state index is -2.12. The summed E-state index contributed by atoms with van der Waals surface area (Å²) in [6.45, 7) is 0. The van der Waals surface area contributed by atoms with Crippen LogP contribution in [-0.2, 0) is 28.7 Å². The molecular formula is C24H16O7. The van der Waals surface area contributed by atoms with Crippen LogP contribution in [0.2, 0.25) is 0 Å². The van der Waals surface area contributed by atoms with Gasteiger partial charge in [-0.05, 0) is 22.3 Å². The third-order valence-corrected chi connectivity index (χ3v) is 7.05. The van der Waals surface area contributed by atoms with Gasteiger partial charge in [0.1, 0.15) is 17.4 Å². The van der Waals surface area contributed by atoms with Gasteiger partial charge >= 0.3 is 23.9 Å². The molecule has 0 radical (unpaired) electrons. The van der Waals surface area contributed by atoms with E-state index in [9.17, 15) is 24.3 Å². The maximum Gasteiger partial charge on any atom is 0.320 e. The van der Waals surface area contributed by atoms with Crippen molar-refractivity contribution in [2.24, 2.45) is 29.6 Å². The average molecular weight is 416 g/mol. The van der Waals surface area contributed by atoms with Gasteiger partial charge in [0.05, 0.1) is 11.8 Å². The van der Waals surface area contributed by atoms with Crippen molar-refractivity contribution in [3.8, 4) is 0 Å². The summed E-state index contributed by atoms with van der Waals surface area (Å²) in [6.07, 6.45) is 0. The molecule has 2 saturated heterocycles. The van der Waals surface area contributed by atoms with Crippen LogP contribution in [0, 0.1) is 29.6 Å². The highest BCUT2D eigenvalue weighted by Crippen LogP contribution is 2.67. The molecule has 0 aromatic heterocycles. The third-order valence-electron chi connectivity index (χ3n) is 7.05. The van der Waals surface area contributed by atoms with E-state index in [0.29, 0.717) is 22.3 Å². The lowest BCUT2D eigenvalue weighted by molar-refractivity contribution is -0.161. The minimum absolute atomic E-state index is 0.366. The van der Waals surface area contributed by atoms with E-state index in [1.54, 1.807) is 24.3 Å². The molecule has 2 aromatic carbocycles. The number of carbonyl (C=O) groups excluding carboxylic acids is 4. The van der Waals surface area contributed by atoms with Crippen LogP contribution in [0.15, 0.2) is 60.7 Å². The van der Waals surface area contributed by atoms with Crippen LogP contribution in [0.3, 0.4) is 0 Å². The number of benzene rings is 2. The summed E-state index contributed by atoms with van der Waals surface area (Å²) in [4.78, 5) is 51.0. The maximum atomic E-state index is 12.7. The monoisotopic (exact) mass is 416 g/mol. The molecule has 2 bridgehead atoms. The van der Waals surface area contributed by atoms with Crippen molar-refractivity contribution < 1.29 is 33.8 Å². The van der Waals surface area contributed by atoms with E-state index < -0.39 is 59.1 Å². The number of aliphatic hydroxyl groups is 1. The number of ether oxygens (including phenoxy) is 2. The van der Waals surface area contributed by atoms with Gasteiger partial charge in [0.25, 0.3) is 0 Å². The Labute approximate surface area is 176 Å². The van der Waals surface area contributed by atoms with Crippen LogP contribution in [0.1, 0.15) is 11.1 Å². The molecule has 2 aliphatic heterocycles. The summed E-state index contributed by atoms with van der Waals surface area (Å²) in [6, 6.07) is 18.0. The van der Waals surface area contributed by atoms with E-state index in [1.165, 1.54) is 0 Å². The second-order valence-corrected chi connectivity index (χ2v) is 8.36. The minimum Gasteiger partial charge on any atom is -0.393 e. The first-order valence-corrected chi connectivity index (χ1v) is 10.0. The van der Waals surface area contributed by atoms with Gasteiger partial charge in [-0.2, -0.15) is 0 Å². The van der Waals surface area contributed by atoms with Crippen LogP contribution in [0.4, 0.5) is 0 Å². The molecule has 1 N–H and O–H groups in total. The highest BCUT2D eigenvalue weighted by atomic mass is 16.6. The lowest BCUT2D eigenvalue weighted by Gasteiger charge is -2.54. The van der Waals surface area contributed by atoms with Gasteiger partial charge < -0.3 is 14.6 Å². The number of allylic oxidation sites excluding steroid dienone is 1. The van der Waals surface area contributed by atoms with Crippen LogP contribution in [0.25, 0.3) is 11.1 Å². The summed E-state index contributed by atoms with van der Waals surface area (Å²) in [5, 5.41) is 12.2. The highest BCUT2D eigenvalue weighted by Gasteiger charge is 2.77. The van der Waals surface area contributed by atoms with E-state index in [1.807, 2.05) is 36.4 Å². The molecule has 3 fully saturated rings. The molecule has 6 atom stereocenters. The Balaban J connectivity index is 1.76. The zero-order chi connectivity index (χ0) is 21.5. The van der Waals surface area contributed by atoms with E-state index in [-0.39, 0.29) is 0 Å². The van der Waals surface area contributed by atoms with Gasteiger partial charge in [0, 0.05) is 5.92 Å². The van der Waals surface area contributed by atoms with Gasteiger partial charge in [0.2, 0.25) is 0 Å². The lowest BCUT2D eigenvalue weighted by Crippen LogP contribution is -2.64. The molecule has 2 heterocycles. The molecule has 31 heavy (non-hydrogen) atoms.